The molecular formula is C32H43N5O11. The molecule has 5 amide bonds. The van der Waals surface area contributed by atoms with E-state index in [0.717, 1.165) is 37.5 Å². The smallest absolute Gasteiger partial charge is 0.331 e. The maximum absolute atomic E-state index is 13.2. The molecule has 0 bridgehead atoms. The lowest BCUT2D eigenvalue weighted by molar-refractivity contribution is -0.142. The van der Waals surface area contributed by atoms with Gasteiger partial charge >= 0.3 is 17.9 Å². The first-order valence-corrected chi connectivity index (χ1v) is 16.4. The fourth-order valence-electron chi connectivity index (χ4n) is 5.96. The standard InChI is InChI=1S/C32H43N5O11/c38-25-4-1-10-34(25)13-9-33-32(45)24(21-31(44)48-18-15-36-12-3-6-27(36)40)23-20-28(41)37(22-23)16-19-47-30(43)8-7-29(42)46-17-14-35-11-2-5-26(35)39/h7-8,21,23H,1-6,9-20,22H2,(H,33,45)/b8-7-,24-21-. The molecule has 4 aliphatic heterocycles. The highest BCUT2D eigenvalue weighted by molar-refractivity contribution is 6.01. The monoisotopic (exact) mass is 673 g/mol. The van der Waals surface area contributed by atoms with Gasteiger partial charge < -0.3 is 39.1 Å². The van der Waals surface area contributed by atoms with Crippen molar-refractivity contribution in [3.05, 3.63) is 23.8 Å². The van der Waals surface area contributed by atoms with Gasteiger partial charge in [0.1, 0.15) is 19.8 Å². The first-order chi connectivity index (χ1) is 23.1. The van der Waals surface area contributed by atoms with Gasteiger partial charge in [0.05, 0.1) is 19.6 Å². The van der Waals surface area contributed by atoms with Crippen molar-refractivity contribution in [2.24, 2.45) is 5.92 Å². The predicted octanol–water partition coefficient (Wildman–Crippen LogP) is -1.07. The van der Waals surface area contributed by atoms with E-state index in [2.05, 4.69) is 5.32 Å². The van der Waals surface area contributed by atoms with E-state index in [1.54, 1.807) is 14.7 Å². The largest absolute Gasteiger partial charge is 0.461 e. The summed E-state index contributed by atoms with van der Waals surface area (Å²) in [4.78, 5) is 104. The van der Waals surface area contributed by atoms with Crippen LogP contribution in [0.3, 0.4) is 0 Å². The normalized spacial score (nSPS) is 20.0. The number of rotatable bonds is 17. The molecule has 1 N–H and O–H groups in total. The second kappa shape index (κ2) is 18.0. The number of amides is 5. The quantitative estimate of drug-likeness (QED) is 0.112. The fourth-order valence-corrected chi connectivity index (χ4v) is 5.96. The van der Waals surface area contributed by atoms with Crippen LogP contribution in [-0.2, 0) is 52.6 Å². The molecule has 262 valence electrons. The number of carbonyl (C=O) groups is 8. The topological polar surface area (TPSA) is 189 Å². The van der Waals surface area contributed by atoms with Crippen molar-refractivity contribution < 1.29 is 52.6 Å². The highest BCUT2D eigenvalue weighted by Gasteiger charge is 2.35. The average molecular weight is 674 g/mol. The number of ether oxygens (including phenoxy) is 3. The summed E-state index contributed by atoms with van der Waals surface area (Å²) in [5, 5.41) is 2.74. The lowest BCUT2D eigenvalue weighted by atomic mass is 9.96. The lowest BCUT2D eigenvalue weighted by Gasteiger charge is -2.19. The third kappa shape index (κ3) is 10.9. The van der Waals surface area contributed by atoms with Gasteiger partial charge in [-0.3, -0.25) is 24.0 Å². The molecule has 4 aliphatic rings. The van der Waals surface area contributed by atoms with E-state index in [1.807, 2.05) is 0 Å². The molecule has 16 heteroatoms. The highest BCUT2D eigenvalue weighted by Crippen LogP contribution is 2.25. The molecular weight excluding hydrogens is 630 g/mol. The number of nitrogens with zero attached hydrogens (tertiary/aromatic N) is 4. The lowest BCUT2D eigenvalue weighted by Crippen LogP contribution is -2.37. The summed E-state index contributed by atoms with van der Waals surface area (Å²) in [6, 6.07) is 0. The van der Waals surface area contributed by atoms with Crippen LogP contribution >= 0.6 is 0 Å². The van der Waals surface area contributed by atoms with Gasteiger partial charge in [-0.05, 0) is 19.3 Å². The Morgan fingerprint density at radius 1 is 0.625 bits per heavy atom. The van der Waals surface area contributed by atoms with Gasteiger partial charge in [-0.1, -0.05) is 0 Å². The molecule has 0 aromatic heterocycles. The number of carbonyl (C=O) groups excluding carboxylic acids is 8. The van der Waals surface area contributed by atoms with Crippen LogP contribution in [-0.4, -0.2) is 146 Å². The third-order valence-electron chi connectivity index (χ3n) is 8.54. The summed E-state index contributed by atoms with van der Waals surface area (Å²) in [7, 11) is 0. The van der Waals surface area contributed by atoms with Crippen LogP contribution < -0.4 is 5.32 Å². The maximum atomic E-state index is 13.2. The van der Waals surface area contributed by atoms with E-state index in [9.17, 15) is 38.4 Å². The number of hydrogen-bond acceptors (Lipinski definition) is 11. The molecule has 48 heavy (non-hydrogen) atoms. The molecule has 1 unspecified atom stereocenters. The van der Waals surface area contributed by atoms with Crippen molar-refractivity contribution in [2.45, 2.75) is 44.9 Å². The van der Waals surface area contributed by atoms with Crippen LogP contribution in [0.2, 0.25) is 0 Å². The molecule has 0 spiro atoms. The summed E-state index contributed by atoms with van der Waals surface area (Å²) in [5.74, 6) is -3.87. The van der Waals surface area contributed by atoms with Crippen LogP contribution in [0.4, 0.5) is 0 Å². The van der Waals surface area contributed by atoms with Crippen LogP contribution in [0.25, 0.3) is 0 Å². The Hall–Kier alpha value is -4.76. The van der Waals surface area contributed by atoms with Gasteiger partial charge in [0.2, 0.25) is 29.5 Å². The Labute approximate surface area is 278 Å². The van der Waals surface area contributed by atoms with E-state index in [0.29, 0.717) is 45.4 Å². The predicted molar refractivity (Wildman–Crippen MR) is 165 cm³/mol. The third-order valence-corrected chi connectivity index (χ3v) is 8.54. The van der Waals surface area contributed by atoms with Crippen molar-refractivity contribution in [1.29, 1.82) is 0 Å². The van der Waals surface area contributed by atoms with Crippen molar-refractivity contribution in [3.8, 4) is 0 Å². The second-order valence-corrected chi connectivity index (χ2v) is 11.9. The van der Waals surface area contributed by atoms with Crippen molar-refractivity contribution in [2.75, 3.05) is 78.7 Å². The van der Waals surface area contributed by atoms with Crippen molar-refractivity contribution >= 4 is 47.4 Å². The number of esters is 3. The minimum Gasteiger partial charge on any atom is -0.461 e. The molecule has 0 aliphatic carbocycles. The van der Waals surface area contributed by atoms with Gasteiger partial charge in [0.25, 0.3) is 0 Å². The van der Waals surface area contributed by atoms with Gasteiger partial charge in [0, 0.05) is 94.7 Å². The molecule has 0 aromatic rings. The van der Waals surface area contributed by atoms with Gasteiger partial charge in [0.15, 0.2) is 0 Å². The average Bonchev–Trinajstić information content (AvgIpc) is 3.85. The van der Waals surface area contributed by atoms with Gasteiger partial charge in [-0.15, -0.1) is 0 Å². The minimum atomic E-state index is -0.820. The Morgan fingerprint density at radius 3 is 1.56 bits per heavy atom. The second-order valence-electron chi connectivity index (χ2n) is 11.9. The minimum absolute atomic E-state index is 0.00477. The zero-order chi connectivity index (χ0) is 34.5. The molecule has 1 atom stereocenters. The number of likely N-dealkylation sites (tertiary alicyclic amines) is 4. The van der Waals surface area contributed by atoms with Crippen LogP contribution in [0, 0.1) is 5.92 Å². The first-order valence-electron chi connectivity index (χ1n) is 16.4. The first kappa shape index (κ1) is 36.1. The van der Waals surface area contributed by atoms with Gasteiger partial charge in [-0.25, -0.2) is 14.4 Å². The van der Waals surface area contributed by atoms with Crippen molar-refractivity contribution in [3.63, 3.8) is 0 Å². The zero-order valence-corrected chi connectivity index (χ0v) is 27.0. The Kier molecular flexibility index (Phi) is 13.5. The van der Waals surface area contributed by atoms with Gasteiger partial charge in [-0.2, -0.15) is 0 Å². The molecule has 4 heterocycles. The van der Waals surface area contributed by atoms with Crippen molar-refractivity contribution in [1.82, 2.24) is 24.9 Å². The zero-order valence-electron chi connectivity index (χ0n) is 27.0. The molecule has 0 radical (unpaired) electrons. The molecule has 16 nitrogen and oxygen atoms in total. The summed E-state index contributed by atoms with van der Waals surface area (Å²) >= 11 is 0. The summed E-state index contributed by atoms with van der Waals surface area (Å²) in [6.45, 7) is 2.73. The van der Waals surface area contributed by atoms with E-state index in [1.165, 1.54) is 4.90 Å². The number of nitrogens with one attached hydrogen (secondary N) is 1. The van der Waals surface area contributed by atoms with E-state index < -0.39 is 29.7 Å². The summed E-state index contributed by atoms with van der Waals surface area (Å²) < 4.78 is 15.4. The van der Waals surface area contributed by atoms with Crippen LogP contribution in [0.5, 0.6) is 0 Å². The fraction of sp³-hybridized carbons (Fsp3) is 0.625. The van der Waals surface area contributed by atoms with Crippen LogP contribution in [0.1, 0.15) is 44.9 Å². The van der Waals surface area contributed by atoms with E-state index >= 15 is 0 Å². The summed E-state index contributed by atoms with van der Waals surface area (Å²) in [5.41, 5.74) is 0.0494. The molecule has 4 saturated heterocycles. The Bertz CT molecular complexity index is 1330. The SMILES string of the molecule is O=C(/C=C\C(=O)OCCN1CC(/C(=C/C(=O)OCCN2CCCC2=O)C(=O)NCCN2CCCC2=O)CC1=O)OCCN1CCCC1=O. The Balaban J connectivity index is 1.24. The molecule has 0 saturated carbocycles. The molecule has 4 fully saturated rings. The highest BCUT2D eigenvalue weighted by atomic mass is 16.5. The maximum Gasteiger partial charge on any atom is 0.331 e. The van der Waals surface area contributed by atoms with E-state index in [-0.39, 0.29) is 88.2 Å². The Morgan fingerprint density at radius 2 is 1.08 bits per heavy atom. The molecule has 4 rings (SSSR count). The van der Waals surface area contributed by atoms with Crippen LogP contribution in [0.15, 0.2) is 23.8 Å². The molecule has 0 aromatic carbocycles. The van der Waals surface area contributed by atoms with E-state index in [4.69, 9.17) is 14.2 Å². The summed E-state index contributed by atoms with van der Waals surface area (Å²) in [6.07, 6.45) is 6.52. The number of hydrogen-bond donors (Lipinski definition) is 1.